The number of rotatable bonds is 6. The summed E-state index contributed by atoms with van der Waals surface area (Å²) in [7, 11) is 4.25. The highest BCUT2D eigenvalue weighted by Crippen LogP contribution is 2.53. The van der Waals surface area contributed by atoms with Gasteiger partial charge in [0.15, 0.2) is 0 Å². The number of nitriles is 2. The Kier molecular flexibility index (Phi) is 13.0. The van der Waals surface area contributed by atoms with E-state index in [1.807, 2.05) is 31.7 Å². The van der Waals surface area contributed by atoms with E-state index in [0.29, 0.717) is 28.5 Å². The van der Waals surface area contributed by atoms with Gasteiger partial charge in [-0.25, -0.2) is 4.79 Å². The van der Waals surface area contributed by atoms with Gasteiger partial charge in [-0.15, -0.1) is 0 Å². The molecule has 4 fully saturated rings. The Labute approximate surface area is 300 Å². The number of nitrogens with zero attached hydrogens (tertiary/aromatic N) is 5. The highest BCUT2D eigenvalue weighted by atomic mass is 16.6. The van der Waals surface area contributed by atoms with E-state index in [9.17, 15) is 10.1 Å². The number of hydrogen-bond donors (Lipinski definition) is 1. The normalized spacial score (nSPS) is 23.0. The lowest BCUT2D eigenvalue weighted by atomic mass is 9.60. The van der Waals surface area contributed by atoms with Gasteiger partial charge >= 0.3 is 6.09 Å². The number of likely N-dealkylation sites (tertiary alicyclic amines) is 3. The molecule has 0 bridgehead atoms. The molecule has 0 radical (unpaired) electrons. The van der Waals surface area contributed by atoms with Gasteiger partial charge in [0.1, 0.15) is 41.4 Å². The summed E-state index contributed by atoms with van der Waals surface area (Å²) in [5.74, 6) is 1.98. The second kappa shape index (κ2) is 16.8. The molecule has 10 heteroatoms. The van der Waals surface area contributed by atoms with Crippen LogP contribution in [0.5, 0.6) is 11.5 Å². The Hall–Kier alpha value is -3.99. The van der Waals surface area contributed by atoms with E-state index in [4.69, 9.17) is 25.2 Å². The first-order chi connectivity index (χ1) is 23.3. The van der Waals surface area contributed by atoms with Crippen molar-refractivity contribution < 1.29 is 19.0 Å². The second-order valence-corrected chi connectivity index (χ2v) is 15.7. The Morgan fingerprint density at radius 3 is 1.90 bits per heavy atom. The first-order valence-electron chi connectivity index (χ1n) is 17.8. The molecule has 272 valence electrons. The van der Waals surface area contributed by atoms with Crippen LogP contribution >= 0.6 is 0 Å². The number of amides is 1. The van der Waals surface area contributed by atoms with Gasteiger partial charge in [-0.05, 0) is 127 Å². The number of anilines is 1. The molecule has 0 atom stereocenters. The predicted octanol–water partition coefficient (Wildman–Crippen LogP) is 6.86. The van der Waals surface area contributed by atoms with Crippen molar-refractivity contribution >= 4 is 11.8 Å². The Balaban J connectivity index is 0.000000264. The van der Waals surface area contributed by atoms with Gasteiger partial charge in [-0.1, -0.05) is 13.5 Å². The Morgan fingerprint density at radius 2 is 1.38 bits per heavy atom. The van der Waals surface area contributed by atoms with Crippen molar-refractivity contribution in [3.05, 3.63) is 53.1 Å². The SMILES string of the molecule is C.CN1CCC(Oc2cc(CC3CC4(CCN(C(=O)OC(C)(C)C)C4)C3)ccc2C#N)CC1.CN1CCC(Oc2cc(N)ccc2C#N)CC1. The lowest BCUT2D eigenvalue weighted by Gasteiger charge is -2.45. The number of nitrogens with two attached hydrogens (primary N) is 1. The maximum absolute atomic E-state index is 12.4. The zero-order valence-corrected chi connectivity index (χ0v) is 30.0. The molecule has 3 saturated heterocycles. The van der Waals surface area contributed by atoms with E-state index < -0.39 is 5.60 Å². The molecule has 1 saturated carbocycles. The van der Waals surface area contributed by atoms with Gasteiger partial charge in [0.25, 0.3) is 0 Å². The number of benzene rings is 2. The quantitative estimate of drug-likeness (QED) is 0.324. The zero-order chi connectivity index (χ0) is 35.2. The van der Waals surface area contributed by atoms with Crippen molar-refractivity contribution in [2.45, 2.75) is 97.4 Å². The zero-order valence-electron chi connectivity index (χ0n) is 30.0. The molecule has 3 heterocycles. The van der Waals surface area contributed by atoms with Gasteiger partial charge in [-0.2, -0.15) is 10.5 Å². The fourth-order valence-corrected chi connectivity index (χ4v) is 7.57. The first-order valence-corrected chi connectivity index (χ1v) is 17.8. The van der Waals surface area contributed by atoms with Gasteiger partial charge in [-0.3, -0.25) is 0 Å². The molecule has 3 aliphatic heterocycles. The lowest BCUT2D eigenvalue weighted by molar-refractivity contribution is 0.0183. The predicted molar refractivity (Wildman–Crippen MR) is 197 cm³/mol. The summed E-state index contributed by atoms with van der Waals surface area (Å²) in [6.07, 6.45) is 8.58. The third kappa shape index (κ3) is 10.5. The molecule has 2 aromatic rings. The molecular weight excluding hydrogens is 628 g/mol. The number of carbonyl (C=O) groups excluding carboxylic acids is 1. The maximum Gasteiger partial charge on any atom is 0.410 e. The van der Waals surface area contributed by atoms with Gasteiger partial charge in [0.05, 0.1) is 11.1 Å². The van der Waals surface area contributed by atoms with Crippen LogP contribution in [-0.2, 0) is 11.2 Å². The van der Waals surface area contributed by atoms with E-state index in [-0.39, 0.29) is 31.1 Å². The molecule has 2 N–H and O–H groups in total. The summed E-state index contributed by atoms with van der Waals surface area (Å²) in [5, 5.41) is 18.5. The Morgan fingerprint density at radius 1 is 0.860 bits per heavy atom. The summed E-state index contributed by atoms with van der Waals surface area (Å²) in [5.41, 5.74) is 8.59. The van der Waals surface area contributed by atoms with Gasteiger partial charge in [0.2, 0.25) is 0 Å². The molecule has 0 aromatic heterocycles. The molecule has 1 aliphatic carbocycles. The van der Waals surface area contributed by atoms with Crippen LogP contribution in [0.3, 0.4) is 0 Å². The first kappa shape index (κ1) is 38.8. The fourth-order valence-electron chi connectivity index (χ4n) is 7.57. The van der Waals surface area contributed by atoms with Gasteiger partial charge < -0.3 is 34.6 Å². The fraction of sp³-hybridized carbons (Fsp3) is 0.625. The van der Waals surface area contributed by atoms with E-state index in [0.717, 1.165) is 96.4 Å². The topological polar surface area (TPSA) is 128 Å². The van der Waals surface area contributed by atoms with Crippen molar-refractivity contribution in [1.82, 2.24) is 14.7 Å². The second-order valence-electron chi connectivity index (χ2n) is 15.7. The highest BCUT2D eigenvalue weighted by Gasteiger charge is 2.49. The van der Waals surface area contributed by atoms with Gasteiger partial charge in [0, 0.05) is 51.0 Å². The number of piperidine rings is 2. The molecule has 10 nitrogen and oxygen atoms in total. The maximum atomic E-state index is 12.4. The summed E-state index contributed by atoms with van der Waals surface area (Å²) >= 11 is 0. The molecule has 1 amide bonds. The number of hydrogen-bond acceptors (Lipinski definition) is 9. The molecule has 4 aliphatic rings. The smallest absolute Gasteiger partial charge is 0.410 e. The summed E-state index contributed by atoms with van der Waals surface area (Å²) in [6, 6.07) is 15.7. The standard InChI is InChI=1S/C26H37N3O3.C13H17N3O.CH4/c1-25(2,3)32-24(30)29-12-9-26(18-29)15-20(16-26)13-19-5-6-21(17-27)23(14-19)31-22-7-10-28(4)11-8-22;1-16-6-4-12(5-7-16)17-13-8-11(15)3-2-10(13)9-14;/h5-6,14,20,22H,7-13,15-16,18H2,1-4H3;2-3,8,12H,4-7,15H2,1H3;1H4. The minimum absolute atomic E-state index is 0. The molecular formula is C40H58N6O4. The molecule has 1 spiro atoms. The van der Waals surface area contributed by atoms with E-state index in [2.05, 4.69) is 48.2 Å². The Bertz CT molecular complexity index is 1520. The number of ether oxygens (including phenoxy) is 3. The van der Waals surface area contributed by atoms with Crippen LogP contribution in [0, 0.1) is 34.0 Å². The summed E-state index contributed by atoms with van der Waals surface area (Å²) in [6.45, 7) is 11.5. The van der Waals surface area contributed by atoms with Crippen LogP contribution in [-0.4, -0.2) is 92.0 Å². The largest absolute Gasteiger partial charge is 0.489 e. The van der Waals surface area contributed by atoms with Crippen LogP contribution in [0.4, 0.5) is 10.5 Å². The van der Waals surface area contributed by atoms with Crippen LogP contribution < -0.4 is 15.2 Å². The average Bonchev–Trinajstić information content (AvgIpc) is 3.49. The van der Waals surface area contributed by atoms with E-state index in [1.54, 1.807) is 18.2 Å². The third-order valence-electron chi connectivity index (χ3n) is 10.3. The molecule has 0 unspecified atom stereocenters. The van der Waals surface area contributed by atoms with Crippen LogP contribution in [0.25, 0.3) is 0 Å². The lowest BCUT2D eigenvalue weighted by Crippen LogP contribution is -2.42. The van der Waals surface area contributed by atoms with E-state index in [1.165, 1.54) is 5.56 Å². The van der Waals surface area contributed by atoms with Crippen LogP contribution in [0.2, 0.25) is 0 Å². The molecule has 2 aromatic carbocycles. The van der Waals surface area contributed by atoms with Crippen LogP contribution in [0.1, 0.15) is 89.8 Å². The van der Waals surface area contributed by atoms with E-state index >= 15 is 0 Å². The molecule has 6 rings (SSSR count). The number of carbonyl (C=O) groups is 1. The highest BCUT2D eigenvalue weighted by molar-refractivity contribution is 5.68. The van der Waals surface area contributed by atoms with Crippen molar-refractivity contribution in [3.8, 4) is 23.6 Å². The third-order valence-corrected chi connectivity index (χ3v) is 10.3. The molecule has 50 heavy (non-hydrogen) atoms. The van der Waals surface area contributed by atoms with Crippen molar-refractivity contribution in [2.24, 2.45) is 11.3 Å². The average molecular weight is 687 g/mol. The number of nitrogen functional groups attached to an aromatic ring is 1. The van der Waals surface area contributed by atoms with Crippen molar-refractivity contribution in [3.63, 3.8) is 0 Å². The van der Waals surface area contributed by atoms with Crippen molar-refractivity contribution in [2.75, 3.05) is 59.1 Å². The minimum Gasteiger partial charge on any atom is -0.489 e. The monoisotopic (exact) mass is 686 g/mol. The van der Waals surface area contributed by atoms with Crippen LogP contribution in [0.15, 0.2) is 36.4 Å². The van der Waals surface area contributed by atoms with Crippen molar-refractivity contribution in [1.29, 1.82) is 10.5 Å². The summed E-state index contributed by atoms with van der Waals surface area (Å²) in [4.78, 5) is 18.9. The minimum atomic E-state index is -0.447. The summed E-state index contributed by atoms with van der Waals surface area (Å²) < 4.78 is 17.7.